The third kappa shape index (κ3) is 11.2. The van der Waals surface area contributed by atoms with Crippen molar-refractivity contribution in [2.24, 2.45) is 5.92 Å². The van der Waals surface area contributed by atoms with E-state index in [1.807, 2.05) is 87.5 Å². The normalized spacial score (nSPS) is 12.9. The Morgan fingerprint density at radius 3 is 2.05 bits per heavy atom. The highest BCUT2D eigenvalue weighted by Gasteiger charge is 2.28. The maximum Gasteiger partial charge on any atom is 0.243 e. The minimum atomic E-state index is -0.727. The minimum Gasteiger partial charge on any atom is -0.489 e. The Morgan fingerprint density at radius 1 is 0.800 bits per heavy atom. The summed E-state index contributed by atoms with van der Waals surface area (Å²) in [6.45, 7) is 11.3. The number of hydrogen-bond acceptors (Lipinski definition) is 5. The van der Waals surface area contributed by atoms with Crippen LogP contribution in [0.5, 0.6) is 5.75 Å². The highest BCUT2D eigenvalue weighted by molar-refractivity contribution is 5.90. The molecule has 3 N–H and O–H groups in total. The van der Waals surface area contributed by atoms with E-state index in [-0.39, 0.29) is 11.8 Å². The summed E-state index contributed by atoms with van der Waals surface area (Å²) >= 11 is 0. The Labute approximate surface area is 239 Å². The number of aromatic nitrogens is 1. The molecule has 2 unspecified atom stereocenters. The summed E-state index contributed by atoms with van der Waals surface area (Å²) in [5.74, 6) is 0.855. The van der Waals surface area contributed by atoms with Gasteiger partial charge in [0.1, 0.15) is 18.4 Å². The molecule has 1 heterocycles. The fraction of sp³-hybridized carbons (Fsp3) is 0.424. The lowest BCUT2D eigenvalue weighted by Gasteiger charge is -2.27. The van der Waals surface area contributed by atoms with Gasteiger partial charge in [-0.05, 0) is 87.0 Å². The standard InChI is InChI=1S/C33H44N4O3/c1-24(2)15-20-35-29(21-26-16-18-34-19-17-26)31(38)36-30(32(39)37-33(3,4)5)22-25-11-13-28(14-12-25)40-23-27-9-7-6-8-10-27/h6-14,16-19,24,29-30,35H,15,20-23H2,1-5H3,(H,36,38)(H,37,39). The Hall–Kier alpha value is -3.71. The van der Waals surface area contributed by atoms with Gasteiger partial charge in [-0.25, -0.2) is 0 Å². The molecule has 40 heavy (non-hydrogen) atoms. The molecule has 1 aromatic heterocycles. The zero-order chi connectivity index (χ0) is 29.0. The number of rotatable bonds is 14. The SMILES string of the molecule is CC(C)CCNC(Cc1ccncc1)C(=O)NC(Cc1ccc(OCc2ccccc2)cc1)C(=O)NC(C)(C)C. The smallest absolute Gasteiger partial charge is 0.243 e. The van der Waals surface area contributed by atoms with Crippen LogP contribution >= 0.6 is 0 Å². The van der Waals surface area contributed by atoms with Gasteiger partial charge < -0.3 is 20.7 Å². The van der Waals surface area contributed by atoms with E-state index in [9.17, 15) is 9.59 Å². The van der Waals surface area contributed by atoms with Crippen molar-refractivity contribution in [3.8, 4) is 5.75 Å². The number of carbonyl (C=O) groups excluding carboxylic acids is 2. The van der Waals surface area contributed by atoms with E-state index in [1.165, 1.54) is 0 Å². The molecule has 214 valence electrons. The van der Waals surface area contributed by atoms with Gasteiger partial charge >= 0.3 is 0 Å². The van der Waals surface area contributed by atoms with Crippen molar-refractivity contribution in [1.29, 1.82) is 0 Å². The predicted molar refractivity (Wildman–Crippen MR) is 160 cm³/mol. The van der Waals surface area contributed by atoms with Gasteiger partial charge in [-0.15, -0.1) is 0 Å². The first kappa shape index (κ1) is 30.8. The van der Waals surface area contributed by atoms with Crippen LogP contribution < -0.4 is 20.7 Å². The summed E-state index contributed by atoms with van der Waals surface area (Å²) in [6, 6.07) is 20.3. The van der Waals surface area contributed by atoms with Gasteiger partial charge in [0, 0.05) is 24.4 Å². The van der Waals surface area contributed by atoms with Gasteiger partial charge in [0.15, 0.2) is 0 Å². The molecule has 0 saturated carbocycles. The average molecular weight is 545 g/mol. The Balaban J connectivity index is 1.71. The Bertz CT molecular complexity index is 1180. The van der Waals surface area contributed by atoms with Crippen molar-refractivity contribution in [1.82, 2.24) is 20.9 Å². The monoisotopic (exact) mass is 544 g/mol. The quantitative estimate of drug-likeness (QED) is 0.270. The summed E-state index contributed by atoms with van der Waals surface area (Å²) in [7, 11) is 0. The maximum absolute atomic E-state index is 13.6. The van der Waals surface area contributed by atoms with Gasteiger partial charge in [0.25, 0.3) is 0 Å². The largest absolute Gasteiger partial charge is 0.489 e. The van der Waals surface area contributed by atoms with E-state index in [0.717, 1.165) is 28.9 Å². The molecule has 2 aromatic carbocycles. The molecule has 0 aliphatic rings. The van der Waals surface area contributed by atoms with Crippen molar-refractivity contribution in [2.75, 3.05) is 6.54 Å². The lowest BCUT2D eigenvalue weighted by Crippen LogP contribution is -2.56. The lowest BCUT2D eigenvalue weighted by atomic mass is 10.0. The molecule has 3 aromatic rings. The molecule has 0 fully saturated rings. The van der Waals surface area contributed by atoms with Gasteiger partial charge in [-0.1, -0.05) is 56.3 Å². The molecule has 0 spiro atoms. The van der Waals surface area contributed by atoms with Crippen LogP contribution in [0.15, 0.2) is 79.1 Å². The molecule has 2 amide bonds. The number of amides is 2. The molecule has 0 radical (unpaired) electrons. The first-order valence-electron chi connectivity index (χ1n) is 14.1. The van der Waals surface area contributed by atoms with Crippen LogP contribution in [-0.2, 0) is 29.0 Å². The molecule has 3 rings (SSSR count). The molecule has 0 aliphatic heterocycles. The van der Waals surface area contributed by atoms with Crippen molar-refractivity contribution in [3.63, 3.8) is 0 Å². The predicted octanol–water partition coefficient (Wildman–Crippen LogP) is 4.85. The molecule has 2 atom stereocenters. The topological polar surface area (TPSA) is 92.3 Å². The number of nitrogens with zero attached hydrogens (tertiary/aromatic N) is 1. The van der Waals surface area contributed by atoms with E-state index in [4.69, 9.17) is 4.74 Å². The lowest BCUT2D eigenvalue weighted by molar-refractivity contribution is -0.130. The molecule has 0 aliphatic carbocycles. The zero-order valence-electron chi connectivity index (χ0n) is 24.4. The van der Waals surface area contributed by atoms with Crippen molar-refractivity contribution in [3.05, 3.63) is 95.8 Å². The van der Waals surface area contributed by atoms with Crippen molar-refractivity contribution in [2.45, 2.75) is 78.1 Å². The van der Waals surface area contributed by atoms with Crippen LogP contribution in [0.1, 0.15) is 57.7 Å². The third-order valence-corrected chi connectivity index (χ3v) is 6.36. The molecule has 0 saturated heterocycles. The second-order valence-electron chi connectivity index (χ2n) is 11.7. The van der Waals surface area contributed by atoms with E-state index in [2.05, 4.69) is 34.8 Å². The number of carbonyl (C=O) groups is 2. The number of pyridine rings is 1. The third-order valence-electron chi connectivity index (χ3n) is 6.36. The van der Waals surface area contributed by atoms with E-state index in [0.29, 0.717) is 31.9 Å². The summed E-state index contributed by atoms with van der Waals surface area (Å²) in [5.41, 5.74) is 2.60. The number of hydrogen-bond donors (Lipinski definition) is 3. The maximum atomic E-state index is 13.6. The van der Waals surface area contributed by atoms with Gasteiger partial charge in [-0.2, -0.15) is 0 Å². The Kier molecular flexibility index (Phi) is 11.7. The molecule has 7 heteroatoms. The van der Waals surface area contributed by atoms with Crippen LogP contribution in [0.3, 0.4) is 0 Å². The summed E-state index contributed by atoms with van der Waals surface area (Å²) in [4.78, 5) is 31.0. The second kappa shape index (κ2) is 15.2. The van der Waals surface area contributed by atoms with E-state index < -0.39 is 17.6 Å². The van der Waals surface area contributed by atoms with Gasteiger partial charge in [0.2, 0.25) is 11.8 Å². The number of ether oxygens (including phenoxy) is 1. The second-order valence-corrected chi connectivity index (χ2v) is 11.7. The van der Waals surface area contributed by atoms with E-state index >= 15 is 0 Å². The van der Waals surface area contributed by atoms with Crippen LogP contribution in [-0.4, -0.2) is 41.0 Å². The average Bonchev–Trinajstić information content (AvgIpc) is 2.91. The molecule has 7 nitrogen and oxygen atoms in total. The minimum absolute atomic E-state index is 0.197. The molecular weight excluding hydrogens is 500 g/mol. The fourth-order valence-electron chi connectivity index (χ4n) is 4.20. The fourth-order valence-corrected chi connectivity index (χ4v) is 4.20. The number of nitrogens with one attached hydrogen (secondary N) is 3. The molecule has 0 bridgehead atoms. The van der Waals surface area contributed by atoms with Gasteiger partial charge in [-0.3, -0.25) is 14.6 Å². The summed E-state index contributed by atoms with van der Waals surface area (Å²) in [6.07, 6.45) is 5.28. The van der Waals surface area contributed by atoms with Crippen molar-refractivity contribution < 1.29 is 14.3 Å². The highest BCUT2D eigenvalue weighted by Crippen LogP contribution is 2.16. The highest BCUT2D eigenvalue weighted by atomic mass is 16.5. The van der Waals surface area contributed by atoms with Gasteiger partial charge in [0.05, 0.1) is 6.04 Å². The summed E-state index contributed by atoms with van der Waals surface area (Å²) in [5, 5.41) is 9.49. The zero-order valence-corrected chi connectivity index (χ0v) is 24.4. The van der Waals surface area contributed by atoms with E-state index in [1.54, 1.807) is 12.4 Å². The summed E-state index contributed by atoms with van der Waals surface area (Å²) < 4.78 is 5.91. The van der Waals surface area contributed by atoms with Crippen LogP contribution in [0, 0.1) is 5.92 Å². The number of benzene rings is 2. The first-order valence-corrected chi connectivity index (χ1v) is 14.1. The van der Waals surface area contributed by atoms with Crippen LogP contribution in [0.25, 0.3) is 0 Å². The van der Waals surface area contributed by atoms with Crippen LogP contribution in [0.2, 0.25) is 0 Å². The van der Waals surface area contributed by atoms with Crippen LogP contribution in [0.4, 0.5) is 0 Å². The van der Waals surface area contributed by atoms with Crippen molar-refractivity contribution >= 4 is 11.8 Å². The Morgan fingerprint density at radius 2 is 1.43 bits per heavy atom. The molecular formula is C33H44N4O3. The first-order chi connectivity index (χ1) is 19.1.